The number of H-pyrrole nitrogens is 1. The van der Waals surface area contributed by atoms with Gasteiger partial charge in [0, 0.05) is 44.9 Å². The minimum absolute atomic E-state index is 0.0927. The van der Waals surface area contributed by atoms with Crippen molar-refractivity contribution < 1.29 is 14.3 Å². The highest BCUT2D eigenvalue weighted by Crippen LogP contribution is 2.40. The monoisotopic (exact) mass is 388 g/mol. The maximum absolute atomic E-state index is 13.0. The number of carbonyl (C=O) groups is 2. The molecule has 4 rings (SSSR count). The zero-order chi connectivity index (χ0) is 19.6. The number of nitrogens with zero attached hydrogens (tertiary/aromatic N) is 3. The van der Waals surface area contributed by atoms with Gasteiger partial charge in [-0.15, -0.1) is 0 Å². The van der Waals surface area contributed by atoms with Gasteiger partial charge in [0.1, 0.15) is 0 Å². The van der Waals surface area contributed by atoms with Crippen LogP contribution in [0.4, 0.5) is 0 Å². The van der Waals surface area contributed by atoms with Crippen LogP contribution in [0.1, 0.15) is 67.9 Å². The molecule has 7 heteroatoms. The van der Waals surface area contributed by atoms with Crippen LogP contribution in [0, 0.1) is 5.41 Å². The molecule has 0 radical (unpaired) electrons. The molecule has 0 aromatic carbocycles. The number of aromatic amines is 1. The van der Waals surface area contributed by atoms with Crippen LogP contribution in [0.2, 0.25) is 0 Å². The lowest BCUT2D eigenvalue weighted by Gasteiger charge is -2.47. The number of amides is 2. The van der Waals surface area contributed by atoms with Crippen molar-refractivity contribution >= 4 is 11.8 Å². The van der Waals surface area contributed by atoms with Crippen molar-refractivity contribution in [1.29, 1.82) is 0 Å². The Labute approximate surface area is 166 Å². The van der Waals surface area contributed by atoms with E-state index in [1.165, 1.54) is 0 Å². The van der Waals surface area contributed by atoms with Gasteiger partial charge in [0.2, 0.25) is 5.91 Å². The highest BCUT2D eigenvalue weighted by Gasteiger charge is 2.42. The van der Waals surface area contributed by atoms with Crippen LogP contribution >= 0.6 is 0 Å². The second-order valence-electron chi connectivity index (χ2n) is 8.71. The quantitative estimate of drug-likeness (QED) is 0.840. The van der Waals surface area contributed by atoms with Gasteiger partial charge in [0.25, 0.3) is 5.91 Å². The molecule has 7 nitrogen and oxygen atoms in total. The number of ether oxygens (including phenoxy) is 1. The van der Waals surface area contributed by atoms with Crippen molar-refractivity contribution in [3.8, 4) is 0 Å². The molecule has 28 heavy (non-hydrogen) atoms. The molecule has 1 N–H and O–H groups in total. The zero-order valence-electron chi connectivity index (χ0n) is 16.9. The lowest BCUT2D eigenvalue weighted by atomic mass is 9.72. The second-order valence-corrected chi connectivity index (χ2v) is 8.71. The van der Waals surface area contributed by atoms with E-state index in [0.29, 0.717) is 6.42 Å². The third kappa shape index (κ3) is 3.95. The topological polar surface area (TPSA) is 78.5 Å². The third-order valence-corrected chi connectivity index (χ3v) is 6.76. The fraction of sp³-hybridized carbons (Fsp3) is 0.762. The Balaban J connectivity index is 1.36. The molecule has 0 saturated carbocycles. The Bertz CT molecular complexity index is 702. The van der Waals surface area contributed by atoms with Crippen LogP contribution in [0.5, 0.6) is 0 Å². The number of likely N-dealkylation sites (tertiary alicyclic amines) is 2. The standard InChI is InChI=1S/C21H32N4O3/c1-2-4-18-17(13-22-23-18)20(27)24-10-8-21(9-11-24)7-6-19(26)25(15-21)14-16-5-3-12-28-16/h13,16H,2-12,14-15H2,1H3,(H,22,23)/t16-/m0/s1. The average Bonchev–Trinajstić information content (AvgIpc) is 3.37. The molecular weight excluding hydrogens is 356 g/mol. The first-order valence-electron chi connectivity index (χ1n) is 10.8. The summed E-state index contributed by atoms with van der Waals surface area (Å²) < 4.78 is 5.75. The summed E-state index contributed by atoms with van der Waals surface area (Å²) in [6.07, 6.45) is 9.38. The molecule has 2 amide bonds. The molecule has 1 spiro atoms. The molecular formula is C21H32N4O3. The van der Waals surface area contributed by atoms with E-state index in [1.807, 2.05) is 9.80 Å². The molecule has 3 saturated heterocycles. The normalized spacial score (nSPS) is 24.9. The highest BCUT2D eigenvalue weighted by atomic mass is 16.5. The molecule has 0 aliphatic carbocycles. The van der Waals surface area contributed by atoms with E-state index in [1.54, 1.807) is 6.20 Å². The number of rotatable bonds is 5. The minimum atomic E-state index is 0.0927. The predicted molar refractivity (Wildman–Crippen MR) is 105 cm³/mol. The Kier molecular flexibility index (Phi) is 5.71. The predicted octanol–water partition coefficient (Wildman–Crippen LogP) is 2.39. The van der Waals surface area contributed by atoms with Crippen LogP contribution in [-0.4, -0.2) is 70.7 Å². The summed E-state index contributed by atoms with van der Waals surface area (Å²) in [7, 11) is 0. The number of aryl methyl sites for hydroxylation is 1. The van der Waals surface area contributed by atoms with E-state index in [0.717, 1.165) is 89.0 Å². The van der Waals surface area contributed by atoms with Gasteiger partial charge in [-0.25, -0.2) is 0 Å². The van der Waals surface area contributed by atoms with Gasteiger partial charge in [-0.05, 0) is 43.9 Å². The first-order chi connectivity index (χ1) is 13.6. The summed E-state index contributed by atoms with van der Waals surface area (Å²) in [5.74, 6) is 0.359. The summed E-state index contributed by atoms with van der Waals surface area (Å²) >= 11 is 0. The van der Waals surface area contributed by atoms with Crippen molar-refractivity contribution in [3.05, 3.63) is 17.5 Å². The first-order valence-corrected chi connectivity index (χ1v) is 10.8. The number of piperidine rings is 2. The molecule has 1 aromatic heterocycles. The van der Waals surface area contributed by atoms with Gasteiger partial charge < -0.3 is 14.5 Å². The van der Waals surface area contributed by atoms with Gasteiger partial charge in [-0.3, -0.25) is 14.7 Å². The number of carbonyl (C=O) groups excluding carboxylic acids is 2. The Morgan fingerprint density at radius 1 is 1.36 bits per heavy atom. The molecule has 3 aliphatic heterocycles. The number of hydrogen-bond donors (Lipinski definition) is 1. The summed E-state index contributed by atoms with van der Waals surface area (Å²) in [5, 5.41) is 7.05. The molecule has 1 aromatic rings. The molecule has 0 unspecified atom stereocenters. The molecule has 4 heterocycles. The van der Waals surface area contributed by atoms with Crippen LogP contribution in [-0.2, 0) is 16.0 Å². The van der Waals surface area contributed by atoms with E-state index < -0.39 is 0 Å². The molecule has 3 aliphatic rings. The van der Waals surface area contributed by atoms with Crippen LogP contribution in [0.15, 0.2) is 6.20 Å². The summed E-state index contributed by atoms with van der Waals surface area (Å²) in [5.41, 5.74) is 1.82. The molecule has 154 valence electrons. The number of hydrogen-bond acceptors (Lipinski definition) is 4. The Hall–Kier alpha value is -1.89. The van der Waals surface area contributed by atoms with E-state index in [9.17, 15) is 9.59 Å². The average molecular weight is 389 g/mol. The zero-order valence-corrected chi connectivity index (χ0v) is 16.9. The van der Waals surface area contributed by atoms with E-state index in [2.05, 4.69) is 17.1 Å². The van der Waals surface area contributed by atoms with Gasteiger partial charge in [0.15, 0.2) is 0 Å². The lowest BCUT2D eigenvalue weighted by molar-refractivity contribution is -0.141. The summed E-state index contributed by atoms with van der Waals surface area (Å²) in [4.78, 5) is 29.4. The van der Waals surface area contributed by atoms with Gasteiger partial charge in [0.05, 0.1) is 17.9 Å². The molecule has 0 bridgehead atoms. The maximum Gasteiger partial charge on any atom is 0.257 e. The van der Waals surface area contributed by atoms with E-state index in [-0.39, 0.29) is 23.3 Å². The summed E-state index contributed by atoms with van der Waals surface area (Å²) in [6.45, 7) is 6.00. The van der Waals surface area contributed by atoms with Crippen molar-refractivity contribution in [2.45, 2.75) is 64.4 Å². The van der Waals surface area contributed by atoms with Gasteiger partial charge in [-0.1, -0.05) is 13.3 Å². The first kappa shape index (κ1) is 19.4. The lowest BCUT2D eigenvalue weighted by Crippen LogP contribution is -2.53. The van der Waals surface area contributed by atoms with Crippen LogP contribution in [0.25, 0.3) is 0 Å². The van der Waals surface area contributed by atoms with Crippen LogP contribution < -0.4 is 0 Å². The SMILES string of the molecule is CCCc1[nH]ncc1C(=O)N1CCC2(CCC(=O)N(C[C@@H]3CCCO3)C2)CC1. The van der Waals surface area contributed by atoms with Gasteiger partial charge >= 0.3 is 0 Å². The van der Waals surface area contributed by atoms with Crippen molar-refractivity contribution in [1.82, 2.24) is 20.0 Å². The maximum atomic E-state index is 13.0. The van der Waals surface area contributed by atoms with E-state index >= 15 is 0 Å². The Morgan fingerprint density at radius 3 is 2.89 bits per heavy atom. The largest absolute Gasteiger partial charge is 0.376 e. The molecule has 1 atom stereocenters. The van der Waals surface area contributed by atoms with Crippen molar-refractivity contribution in [3.63, 3.8) is 0 Å². The molecule has 3 fully saturated rings. The fourth-order valence-corrected chi connectivity index (χ4v) is 5.00. The number of nitrogens with one attached hydrogen (secondary N) is 1. The summed E-state index contributed by atoms with van der Waals surface area (Å²) in [6, 6.07) is 0. The third-order valence-electron chi connectivity index (χ3n) is 6.76. The highest BCUT2D eigenvalue weighted by molar-refractivity contribution is 5.95. The van der Waals surface area contributed by atoms with Crippen LogP contribution in [0.3, 0.4) is 0 Å². The number of aromatic nitrogens is 2. The van der Waals surface area contributed by atoms with Gasteiger partial charge in [-0.2, -0.15) is 5.10 Å². The van der Waals surface area contributed by atoms with E-state index in [4.69, 9.17) is 4.74 Å². The van der Waals surface area contributed by atoms with Crippen molar-refractivity contribution in [2.75, 3.05) is 32.8 Å². The fourth-order valence-electron chi connectivity index (χ4n) is 5.00. The second kappa shape index (κ2) is 8.23. The smallest absolute Gasteiger partial charge is 0.257 e. The Morgan fingerprint density at radius 2 is 2.18 bits per heavy atom. The van der Waals surface area contributed by atoms with Crippen molar-refractivity contribution in [2.24, 2.45) is 5.41 Å². The minimum Gasteiger partial charge on any atom is -0.376 e.